The van der Waals surface area contributed by atoms with E-state index in [2.05, 4.69) is 5.32 Å². The van der Waals surface area contributed by atoms with E-state index in [9.17, 15) is 24.1 Å². The molecule has 160 valence electrons. The molecule has 0 bridgehead atoms. The summed E-state index contributed by atoms with van der Waals surface area (Å²) >= 11 is 0. The highest BCUT2D eigenvalue weighted by molar-refractivity contribution is 6.03. The minimum absolute atomic E-state index is 0.0417. The zero-order chi connectivity index (χ0) is 22.4. The molecule has 0 aliphatic rings. The first kappa shape index (κ1) is 22.4. The Morgan fingerprint density at radius 3 is 2.20 bits per heavy atom. The Morgan fingerprint density at radius 2 is 1.70 bits per heavy atom. The summed E-state index contributed by atoms with van der Waals surface area (Å²) < 4.78 is 28.3. The molecule has 0 aromatic heterocycles. The van der Waals surface area contributed by atoms with Gasteiger partial charge in [-0.05, 0) is 24.3 Å². The van der Waals surface area contributed by atoms with Gasteiger partial charge in [0, 0.05) is 18.8 Å². The van der Waals surface area contributed by atoms with Crippen molar-refractivity contribution in [1.29, 1.82) is 0 Å². The lowest BCUT2D eigenvalue weighted by molar-refractivity contribution is -0.386. The summed E-state index contributed by atoms with van der Waals surface area (Å²) in [5, 5.41) is 14.1. The number of hydrogen-bond acceptors (Lipinski definition) is 7. The fourth-order valence-electron chi connectivity index (χ4n) is 2.71. The zero-order valence-electron chi connectivity index (χ0n) is 16.7. The average Bonchev–Trinajstić information content (AvgIpc) is 2.72. The molecule has 0 saturated carbocycles. The number of ether oxygens (including phenoxy) is 3. The number of nitrogens with zero attached hydrogens (tertiary/aromatic N) is 2. The third kappa shape index (κ3) is 4.74. The van der Waals surface area contributed by atoms with Gasteiger partial charge in [-0.15, -0.1) is 0 Å². The number of benzene rings is 2. The van der Waals surface area contributed by atoms with Gasteiger partial charge in [-0.3, -0.25) is 19.7 Å². The Morgan fingerprint density at radius 1 is 1.10 bits per heavy atom. The highest BCUT2D eigenvalue weighted by Gasteiger charge is 2.34. The highest BCUT2D eigenvalue weighted by atomic mass is 19.1. The monoisotopic (exact) mass is 421 g/mol. The third-order valence-corrected chi connectivity index (χ3v) is 4.07. The van der Waals surface area contributed by atoms with E-state index >= 15 is 0 Å². The van der Waals surface area contributed by atoms with Crippen LogP contribution >= 0.6 is 0 Å². The molecule has 0 atom stereocenters. The second-order valence-corrected chi connectivity index (χ2v) is 6.01. The van der Waals surface area contributed by atoms with Crippen LogP contribution in [0.2, 0.25) is 0 Å². The van der Waals surface area contributed by atoms with Crippen molar-refractivity contribution in [2.75, 3.05) is 40.2 Å². The number of nitro benzene ring substituents is 1. The number of carbonyl (C=O) groups excluding carboxylic acids is 2. The van der Waals surface area contributed by atoms with Crippen LogP contribution in [0.4, 0.5) is 15.8 Å². The van der Waals surface area contributed by atoms with Gasteiger partial charge in [-0.25, -0.2) is 4.39 Å². The van der Waals surface area contributed by atoms with Gasteiger partial charge in [0.05, 0.1) is 32.8 Å². The zero-order valence-corrected chi connectivity index (χ0v) is 16.7. The summed E-state index contributed by atoms with van der Waals surface area (Å²) in [5.41, 5.74) is -0.626. The predicted molar refractivity (Wildman–Crippen MR) is 105 cm³/mol. The summed E-state index contributed by atoms with van der Waals surface area (Å²) in [6.45, 7) is -0.413. The number of nitro groups is 1. The van der Waals surface area contributed by atoms with E-state index in [1.165, 1.54) is 52.6 Å². The van der Waals surface area contributed by atoms with Crippen molar-refractivity contribution in [2.45, 2.75) is 0 Å². The van der Waals surface area contributed by atoms with E-state index < -0.39 is 34.8 Å². The quantitative estimate of drug-likeness (QED) is 0.513. The van der Waals surface area contributed by atoms with Crippen LogP contribution in [0, 0.1) is 15.9 Å². The molecule has 2 rings (SSSR count). The van der Waals surface area contributed by atoms with Gasteiger partial charge in [-0.1, -0.05) is 0 Å². The minimum atomic E-state index is -0.810. The molecule has 0 heterocycles. The number of likely N-dealkylation sites (N-methyl/N-ethyl adjacent to an activating group) is 1. The van der Waals surface area contributed by atoms with Gasteiger partial charge >= 0.3 is 5.69 Å². The standard InChI is InChI=1S/C19H20FN3O7/c1-22(10-15(24)21-12-7-5-11(20)6-8-12)19(25)13-9-14(28-2)17(29-3)18(30-4)16(13)23(26)27/h5-9H,10H2,1-4H3,(H,21,24). The maximum atomic E-state index is 13.0. The van der Waals surface area contributed by atoms with Gasteiger partial charge in [0.2, 0.25) is 17.4 Å². The van der Waals surface area contributed by atoms with Crippen molar-refractivity contribution in [3.8, 4) is 17.2 Å². The van der Waals surface area contributed by atoms with Crippen LogP contribution in [0.5, 0.6) is 17.2 Å². The van der Waals surface area contributed by atoms with E-state index in [0.717, 1.165) is 11.0 Å². The van der Waals surface area contributed by atoms with E-state index in [4.69, 9.17) is 14.2 Å². The summed E-state index contributed by atoms with van der Waals surface area (Å²) in [6.07, 6.45) is 0. The molecular weight excluding hydrogens is 401 g/mol. The first-order valence-corrected chi connectivity index (χ1v) is 8.51. The molecule has 0 unspecified atom stereocenters. The van der Waals surface area contributed by atoms with Crippen molar-refractivity contribution in [3.63, 3.8) is 0 Å². The summed E-state index contributed by atoms with van der Waals surface area (Å²) in [6, 6.07) is 6.21. The Hall–Kier alpha value is -3.89. The molecule has 11 heteroatoms. The van der Waals surface area contributed by atoms with Crippen molar-refractivity contribution < 1.29 is 33.1 Å². The first-order chi connectivity index (χ1) is 14.2. The Labute approximate surface area is 171 Å². The largest absolute Gasteiger partial charge is 0.493 e. The summed E-state index contributed by atoms with van der Waals surface area (Å²) in [7, 11) is 5.08. The van der Waals surface area contributed by atoms with Crippen LogP contribution in [0.25, 0.3) is 0 Å². The first-order valence-electron chi connectivity index (χ1n) is 8.51. The van der Waals surface area contributed by atoms with Gasteiger partial charge in [-0.2, -0.15) is 0 Å². The Kier molecular flexibility index (Phi) is 7.13. The van der Waals surface area contributed by atoms with Crippen molar-refractivity contribution in [3.05, 3.63) is 51.8 Å². The van der Waals surface area contributed by atoms with E-state index in [0.29, 0.717) is 5.69 Å². The second-order valence-electron chi connectivity index (χ2n) is 6.01. The normalized spacial score (nSPS) is 10.2. The topological polar surface area (TPSA) is 120 Å². The lowest BCUT2D eigenvalue weighted by atomic mass is 10.1. The average molecular weight is 421 g/mol. The molecule has 0 aliphatic heterocycles. The maximum absolute atomic E-state index is 13.0. The second kappa shape index (κ2) is 9.54. The molecule has 0 aliphatic carbocycles. The van der Waals surface area contributed by atoms with Gasteiger partial charge < -0.3 is 24.4 Å². The van der Waals surface area contributed by atoms with Crippen molar-refractivity contribution in [2.24, 2.45) is 0 Å². The number of amides is 2. The smallest absolute Gasteiger partial charge is 0.327 e. The predicted octanol–water partition coefficient (Wildman–Crippen LogP) is 2.47. The molecule has 0 fully saturated rings. The van der Waals surface area contributed by atoms with E-state index in [-0.39, 0.29) is 22.8 Å². The molecular formula is C19H20FN3O7. The van der Waals surface area contributed by atoms with Crippen LogP contribution in [0.3, 0.4) is 0 Å². The van der Waals surface area contributed by atoms with Crippen LogP contribution in [-0.4, -0.2) is 56.6 Å². The van der Waals surface area contributed by atoms with Crippen molar-refractivity contribution in [1.82, 2.24) is 4.90 Å². The fraction of sp³-hybridized carbons (Fsp3) is 0.263. The van der Waals surface area contributed by atoms with Crippen LogP contribution in [0.15, 0.2) is 30.3 Å². The maximum Gasteiger partial charge on any atom is 0.327 e. The minimum Gasteiger partial charge on any atom is -0.493 e. The number of anilines is 1. The molecule has 0 saturated heterocycles. The molecule has 2 aromatic rings. The molecule has 0 radical (unpaired) electrons. The number of carbonyl (C=O) groups is 2. The van der Waals surface area contributed by atoms with Crippen molar-refractivity contribution >= 4 is 23.2 Å². The van der Waals surface area contributed by atoms with Gasteiger partial charge in [0.25, 0.3) is 5.91 Å². The number of methoxy groups -OCH3 is 3. The van der Waals surface area contributed by atoms with Gasteiger partial charge in [0.1, 0.15) is 11.4 Å². The lowest BCUT2D eigenvalue weighted by Gasteiger charge is -2.19. The Bertz CT molecular complexity index is 964. The highest BCUT2D eigenvalue weighted by Crippen LogP contribution is 2.46. The molecule has 2 aromatic carbocycles. The fourth-order valence-corrected chi connectivity index (χ4v) is 2.71. The molecule has 0 spiro atoms. The van der Waals surface area contributed by atoms with Crippen LogP contribution in [-0.2, 0) is 4.79 Å². The summed E-state index contributed by atoms with van der Waals surface area (Å²) in [4.78, 5) is 36.9. The molecule has 2 amide bonds. The van der Waals surface area contributed by atoms with Crippen LogP contribution < -0.4 is 19.5 Å². The van der Waals surface area contributed by atoms with E-state index in [1.54, 1.807) is 0 Å². The number of rotatable bonds is 8. The lowest BCUT2D eigenvalue weighted by Crippen LogP contribution is -2.35. The van der Waals surface area contributed by atoms with Gasteiger partial charge in [0.15, 0.2) is 5.75 Å². The number of hydrogen-bond donors (Lipinski definition) is 1. The summed E-state index contributed by atoms with van der Waals surface area (Å²) in [5.74, 6) is -2.13. The van der Waals surface area contributed by atoms with Crippen LogP contribution in [0.1, 0.15) is 10.4 Å². The number of halogens is 1. The SMILES string of the molecule is COc1cc(C(=O)N(C)CC(=O)Nc2ccc(F)cc2)c([N+](=O)[O-])c(OC)c1OC. The van der Waals surface area contributed by atoms with E-state index in [1.807, 2.05) is 0 Å². The molecule has 10 nitrogen and oxygen atoms in total. The molecule has 30 heavy (non-hydrogen) atoms. The Balaban J connectivity index is 2.32. The molecule has 1 N–H and O–H groups in total. The third-order valence-electron chi connectivity index (χ3n) is 4.07. The number of nitrogens with one attached hydrogen (secondary N) is 1.